The molecule has 172 valence electrons. The highest BCUT2D eigenvalue weighted by atomic mass is 16.6. The summed E-state index contributed by atoms with van der Waals surface area (Å²) in [5, 5.41) is 0. The molecule has 0 bridgehead atoms. The number of imide groups is 1. The quantitative estimate of drug-likeness (QED) is 0.367. The predicted octanol–water partition coefficient (Wildman–Crippen LogP) is 3.51. The third-order valence-corrected chi connectivity index (χ3v) is 6.10. The van der Waals surface area contributed by atoms with Crippen molar-refractivity contribution in [2.75, 3.05) is 38.3 Å². The van der Waals surface area contributed by atoms with Crippen LogP contribution < -0.4 is 4.90 Å². The number of nitrogens with zero attached hydrogens (tertiary/aromatic N) is 2. The number of carbonyl (C=O) groups excluding carboxylic acids is 3. The van der Waals surface area contributed by atoms with Crippen molar-refractivity contribution < 1.29 is 23.9 Å². The third-order valence-electron chi connectivity index (χ3n) is 6.10. The van der Waals surface area contributed by atoms with Crippen molar-refractivity contribution in [1.82, 2.24) is 4.90 Å². The molecule has 33 heavy (non-hydrogen) atoms. The van der Waals surface area contributed by atoms with E-state index in [1.807, 2.05) is 35.2 Å². The van der Waals surface area contributed by atoms with Gasteiger partial charge < -0.3 is 14.4 Å². The highest BCUT2D eigenvalue weighted by Gasteiger charge is 2.42. The first kappa shape index (κ1) is 22.7. The van der Waals surface area contributed by atoms with Crippen LogP contribution in [0.3, 0.4) is 0 Å². The number of hydrogen-bond donors (Lipinski definition) is 0. The molecular weight excluding hydrogens is 420 g/mol. The molecule has 4 rings (SSSR count). The fourth-order valence-electron chi connectivity index (χ4n) is 4.19. The standard InChI is InChI=1S/C26H28N2O5/c1-18-12-14-27(15-13-18)23-22(19-6-4-3-5-7-19)24(29)28(25(23)30)21-10-8-20(9-11-21)26(31)33-17-16-32-2/h3-11,18H,12-17H2,1-2H3. The monoisotopic (exact) mass is 448 g/mol. The fraction of sp³-hybridized carbons (Fsp3) is 0.346. The van der Waals surface area contributed by atoms with Crippen molar-refractivity contribution in [3.05, 3.63) is 71.4 Å². The zero-order valence-electron chi connectivity index (χ0n) is 19.0. The van der Waals surface area contributed by atoms with E-state index in [0.717, 1.165) is 31.5 Å². The Balaban J connectivity index is 1.63. The second-order valence-electron chi connectivity index (χ2n) is 8.38. The molecule has 0 saturated carbocycles. The molecule has 0 atom stereocenters. The Labute approximate surface area is 193 Å². The van der Waals surface area contributed by atoms with Crippen molar-refractivity contribution >= 4 is 29.0 Å². The third kappa shape index (κ3) is 4.68. The van der Waals surface area contributed by atoms with Crippen LogP contribution in [0.4, 0.5) is 5.69 Å². The van der Waals surface area contributed by atoms with Crippen LogP contribution in [-0.4, -0.2) is 56.1 Å². The highest BCUT2D eigenvalue weighted by molar-refractivity contribution is 6.45. The second kappa shape index (κ2) is 10.0. The number of anilines is 1. The number of ether oxygens (including phenoxy) is 2. The zero-order valence-corrected chi connectivity index (χ0v) is 19.0. The molecule has 0 spiro atoms. The largest absolute Gasteiger partial charge is 0.460 e. The molecule has 1 saturated heterocycles. The van der Waals surface area contributed by atoms with Gasteiger partial charge in [0.25, 0.3) is 11.8 Å². The van der Waals surface area contributed by atoms with Gasteiger partial charge in [0.05, 0.1) is 23.4 Å². The number of hydrogen-bond acceptors (Lipinski definition) is 6. The number of methoxy groups -OCH3 is 1. The average Bonchev–Trinajstić information content (AvgIpc) is 3.10. The van der Waals surface area contributed by atoms with Crippen molar-refractivity contribution in [2.24, 2.45) is 5.92 Å². The number of piperidine rings is 1. The highest BCUT2D eigenvalue weighted by Crippen LogP contribution is 2.36. The molecule has 2 amide bonds. The first-order chi connectivity index (χ1) is 16.0. The smallest absolute Gasteiger partial charge is 0.338 e. The Bertz CT molecular complexity index is 1050. The van der Waals surface area contributed by atoms with Crippen LogP contribution in [0, 0.1) is 5.92 Å². The lowest BCUT2D eigenvalue weighted by Crippen LogP contribution is -2.38. The van der Waals surface area contributed by atoms with Crippen LogP contribution in [0.15, 0.2) is 60.3 Å². The van der Waals surface area contributed by atoms with Crippen molar-refractivity contribution in [3.8, 4) is 0 Å². The lowest BCUT2D eigenvalue weighted by Gasteiger charge is -2.32. The molecular formula is C26H28N2O5. The molecule has 2 aromatic carbocycles. The maximum atomic E-state index is 13.6. The molecule has 2 aromatic rings. The Morgan fingerprint density at radius 2 is 1.61 bits per heavy atom. The molecule has 2 heterocycles. The van der Waals surface area contributed by atoms with E-state index in [0.29, 0.717) is 35.0 Å². The summed E-state index contributed by atoms with van der Waals surface area (Å²) in [6.07, 6.45) is 1.96. The van der Waals surface area contributed by atoms with E-state index in [4.69, 9.17) is 9.47 Å². The molecule has 0 unspecified atom stereocenters. The van der Waals surface area contributed by atoms with E-state index in [1.165, 1.54) is 12.0 Å². The van der Waals surface area contributed by atoms with Gasteiger partial charge in [-0.3, -0.25) is 9.59 Å². The minimum absolute atomic E-state index is 0.155. The maximum absolute atomic E-state index is 13.6. The summed E-state index contributed by atoms with van der Waals surface area (Å²) in [5.41, 5.74) is 2.38. The minimum Gasteiger partial charge on any atom is -0.460 e. The molecule has 2 aliphatic rings. The van der Waals surface area contributed by atoms with Crippen molar-refractivity contribution in [1.29, 1.82) is 0 Å². The first-order valence-electron chi connectivity index (χ1n) is 11.2. The Morgan fingerprint density at radius 1 is 0.939 bits per heavy atom. The topological polar surface area (TPSA) is 76.2 Å². The van der Waals surface area contributed by atoms with Gasteiger partial charge in [-0.15, -0.1) is 0 Å². The van der Waals surface area contributed by atoms with E-state index in [-0.39, 0.29) is 18.4 Å². The molecule has 0 N–H and O–H groups in total. The summed E-state index contributed by atoms with van der Waals surface area (Å²) in [6, 6.07) is 15.7. The summed E-state index contributed by atoms with van der Waals surface area (Å²) in [7, 11) is 1.53. The lowest BCUT2D eigenvalue weighted by molar-refractivity contribution is -0.120. The van der Waals surface area contributed by atoms with E-state index in [2.05, 4.69) is 6.92 Å². The normalized spacial score (nSPS) is 17.2. The van der Waals surface area contributed by atoms with Crippen molar-refractivity contribution in [2.45, 2.75) is 19.8 Å². The number of amides is 2. The number of rotatable bonds is 7. The fourth-order valence-corrected chi connectivity index (χ4v) is 4.19. The van der Waals surface area contributed by atoms with Gasteiger partial charge in [0.1, 0.15) is 12.3 Å². The first-order valence-corrected chi connectivity index (χ1v) is 11.2. The van der Waals surface area contributed by atoms with Crippen LogP contribution in [0.5, 0.6) is 0 Å². The van der Waals surface area contributed by atoms with Gasteiger partial charge in [0.15, 0.2) is 0 Å². The lowest BCUT2D eigenvalue weighted by atomic mass is 9.97. The van der Waals surface area contributed by atoms with Gasteiger partial charge in [-0.25, -0.2) is 9.69 Å². The van der Waals surface area contributed by atoms with E-state index in [9.17, 15) is 14.4 Å². The summed E-state index contributed by atoms with van der Waals surface area (Å²) >= 11 is 0. The molecule has 0 radical (unpaired) electrons. The SMILES string of the molecule is COCCOC(=O)c1ccc(N2C(=O)C(c3ccccc3)=C(N3CCC(C)CC3)C2=O)cc1. The minimum atomic E-state index is -0.482. The molecule has 7 nitrogen and oxygen atoms in total. The Kier molecular flexibility index (Phi) is 6.89. The summed E-state index contributed by atoms with van der Waals surface area (Å²) in [5.74, 6) is -0.565. The summed E-state index contributed by atoms with van der Waals surface area (Å²) in [4.78, 5) is 42.5. The second-order valence-corrected chi connectivity index (χ2v) is 8.38. The van der Waals surface area contributed by atoms with E-state index >= 15 is 0 Å². The molecule has 0 aromatic heterocycles. The molecule has 2 aliphatic heterocycles. The average molecular weight is 449 g/mol. The van der Waals surface area contributed by atoms with Gasteiger partial charge in [-0.1, -0.05) is 37.3 Å². The molecule has 7 heteroatoms. The van der Waals surface area contributed by atoms with Gasteiger partial charge in [0.2, 0.25) is 0 Å². The number of benzene rings is 2. The van der Waals surface area contributed by atoms with Gasteiger partial charge in [0, 0.05) is 20.2 Å². The van der Waals surface area contributed by atoms with Gasteiger partial charge in [-0.05, 0) is 48.6 Å². The van der Waals surface area contributed by atoms with Gasteiger partial charge in [-0.2, -0.15) is 0 Å². The summed E-state index contributed by atoms with van der Waals surface area (Å²) < 4.78 is 10.0. The molecule has 1 fully saturated rings. The number of likely N-dealkylation sites (tertiary alicyclic amines) is 1. The van der Waals surface area contributed by atoms with Crippen LogP contribution in [-0.2, 0) is 19.1 Å². The molecule has 0 aliphatic carbocycles. The van der Waals surface area contributed by atoms with Gasteiger partial charge >= 0.3 is 5.97 Å². The van der Waals surface area contributed by atoms with Crippen LogP contribution in [0.2, 0.25) is 0 Å². The van der Waals surface area contributed by atoms with Crippen LogP contribution >= 0.6 is 0 Å². The van der Waals surface area contributed by atoms with Crippen molar-refractivity contribution in [3.63, 3.8) is 0 Å². The van der Waals surface area contributed by atoms with E-state index < -0.39 is 5.97 Å². The number of esters is 1. The number of carbonyl (C=O) groups is 3. The Hall–Kier alpha value is -3.45. The van der Waals surface area contributed by atoms with Crippen LogP contribution in [0.1, 0.15) is 35.7 Å². The summed E-state index contributed by atoms with van der Waals surface area (Å²) in [6.45, 7) is 4.16. The van der Waals surface area contributed by atoms with E-state index in [1.54, 1.807) is 24.3 Å². The zero-order chi connectivity index (χ0) is 23.4. The van der Waals surface area contributed by atoms with Crippen LogP contribution in [0.25, 0.3) is 5.57 Å². The maximum Gasteiger partial charge on any atom is 0.338 e. The Morgan fingerprint density at radius 3 is 2.24 bits per heavy atom. The predicted molar refractivity (Wildman–Crippen MR) is 124 cm³/mol.